The Labute approximate surface area is 167 Å². The summed E-state index contributed by atoms with van der Waals surface area (Å²) >= 11 is 0. The first-order chi connectivity index (χ1) is 13.9. The van der Waals surface area contributed by atoms with E-state index >= 15 is 0 Å². The van der Waals surface area contributed by atoms with Crippen molar-refractivity contribution in [1.82, 2.24) is 5.01 Å². The number of hydrogen-bond acceptors (Lipinski definition) is 6. The number of hydrogen-bond donors (Lipinski definition) is 0. The number of ether oxygens (including phenoxy) is 2. The van der Waals surface area contributed by atoms with Gasteiger partial charge in [-0.1, -0.05) is 44.2 Å². The summed E-state index contributed by atoms with van der Waals surface area (Å²) in [4.78, 5) is 37.0. The molecule has 4 rings (SSSR count). The van der Waals surface area contributed by atoms with Gasteiger partial charge in [-0.25, -0.2) is 0 Å². The van der Waals surface area contributed by atoms with Gasteiger partial charge in [-0.2, -0.15) is 5.01 Å². The minimum absolute atomic E-state index is 0.0138. The van der Waals surface area contributed by atoms with Crippen molar-refractivity contribution >= 4 is 23.7 Å². The summed E-state index contributed by atoms with van der Waals surface area (Å²) < 4.78 is 11.6. The van der Waals surface area contributed by atoms with E-state index in [4.69, 9.17) is 9.47 Å². The third kappa shape index (κ3) is 3.18. The van der Waals surface area contributed by atoms with E-state index in [2.05, 4.69) is 5.10 Å². The number of carbonyl (C=O) groups is 3. The van der Waals surface area contributed by atoms with Crippen LogP contribution in [-0.2, 0) is 14.3 Å². The Balaban J connectivity index is 1.79. The molecule has 7 heteroatoms. The monoisotopic (exact) mass is 392 g/mol. The number of benzene rings is 2. The van der Waals surface area contributed by atoms with Crippen molar-refractivity contribution in [1.29, 1.82) is 0 Å². The van der Waals surface area contributed by atoms with E-state index in [9.17, 15) is 14.4 Å². The van der Waals surface area contributed by atoms with Gasteiger partial charge in [0.25, 0.3) is 11.8 Å². The third-order valence-electron chi connectivity index (χ3n) is 4.96. The van der Waals surface area contributed by atoms with Crippen LogP contribution in [0.4, 0.5) is 0 Å². The van der Waals surface area contributed by atoms with Crippen molar-refractivity contribution in [2.24, 2.45) is 11.0 Å². The number of nitrogens with zero attached hydrogens (tertiary/aromatic N) is 2. The Morgan fingerprint density at radius 3 is 2.10 bits per heavy atom. The second-order valence-corrected chi connectivity index (χ2v) is 7.32. The lowest BCUT2D eigenvalue weighted by Gasteiger charge is -2.36. The zero-order valence-electron chi connectivity index (χ0n) is 16.3. The highest BCUT2D eigenvalue weighted by Crippen LogP contribution is 2.37. The van der Waals surface area contributed by atoms with Gasteiger partial charge in [0.05, 0.1) is 11.1 Å². The Morgan fingerprint density at radius 2 is 1.55 bits per heavy atom. The number of rotatable bonds is 3. The van der Waals surface area contributed by atoms with E-state index < -0.39 is 30.0 Å². The Kier molecular flexibility index (Phi) is 4.66. The van der Waals surface area contributed by atoms with Gasteiger partial charge in [0.15, 0.2) is 6.10 Å². The van der Waals surface area contributed by atoms with Crippen molar-refractivity contribution in [2.75, 3.05) is 0 Å². The van der Waals surface area contributed by atoms with Gasteiger partial charge >= 0.3 is 5.97 Å². The first-order valence-corrected chi connectivity index (χ1v) is 9.38. The van der Waals surface area contributed by atoms with Gasteiger partial charge in [-0.3, -0.25) is 14.4 Å². The number of amides is 2. The molecule has 0 N–H and O–H groups in total. The van der Waals surface area contributed by atoms with Gasteiger partial charge in [-0.15, -0.1) is 5.10 Å². The van der Waals surface area contributed by atoms with Crippen LogP contribution in [0.15, 0.2) is 53.6 Å². The van der Waals surface area contributed by atoms with Crippen molar-refractivity contribution in [2.45, 2.75) is 33.0 Å². The fraction of sp³-hybridized carbons (Fsp3) is 0.273. The van der Waals surface area contributed by atoms with E-state index in [1.54, 1.807) is 36.4 Å². The average Bonchev–Trinajstić information content (AvgIpc) is 2.94. The Hall–Kier alpha value is -3.48. The maximum atomic E-state index is 12.7. The number of hydrazone groups is 1. The summed E-state index contributed by atoms with van der Waals surface area (Å²) in [5.74, 6) is -1.28. The van der Waals surface area contributed by atoms with E-state index in [0.29, 0.717) is 16.7 Å². The van der Waals surface area contributed by atoms with Crippen LogP contribution >= 0.6 is 0 Å². The molecule has 0 saturated carbocycles. The molecule has 0 bridgehead atoms. The molecule has 0 saturated heterocycles. The predicted octanol–water partition coefficient (Wildman–Crippen LogP) is 3.30. The Morgan fingerprint density at radius 1 is 1.00 bits per heavy atom. The summed E-state index contributed by atoms with van der Waals surface area (Å²) in [6, 6.07) is 13.8. The number of esters is 1. The molecule has 2 heterocycles. The van der Waals surface area contributed by atoms with Crippen LogP contribution in [-0.4, -0.2) is 34.8 Å². The summed E-state index contributed by atoms with van der Waals surface area (Å²) in [6.45, 7) is 5.23. The van der Waals surface area contributed by atoms with E-state index in [-0.39, 0.29) is 11.8 Å². The lowest BCUT2D eigenvalue weighted by atomic mass is 9.90. The van der Waals surface area contributed by atoms with Crippen LogP contribution in [0.1, 0.15) is 58.7 Å². The maximum absolute atomic E-state index is 12.7. The minimum atomic E-state index is -0.607. The predicted molar refractivity (Wildman–Crippen MR) is 104 cm³/mol. The molecule has 148 valence electrons. The quantitative estimate of drug-likeness (QED) is 0.591. The van der Waals surface area contributed by atoms with Crippen LogP contribution in [0.25, 0.3) is 0 Å². The summed E-state index contributed by atoms with van der Waals surface area (Å²) in [6.07, 6.45) is -1.12. The van der Waals surface area contributed by atoms with Crippen LogP contribution in [0, 0.1) is 5.92 Å². The minimum Gasteiger partial charge on any atom is -0.468 e. The number of imide groups is 1. The molecule has 29 heavy (non-hydrogen) atoms. The Bertz CT molecular complexity index is 1010. The molecule has 0 aliphatic carbocycles. The van der Waals surface area contributed by atoms with Gasteiger partial charge in [0.1, 0.15) is 6.10 Å². The molecule has 2 aliphatic heterocycles. The second-order valence-electron chi connectivity index (χ2n) is 7.32. The molecule has 2 amide bonds. The smallest absolute Gasteiger partial charge is 0.303 e. The zero-order valence-corrected chi connectivity index (χ0v) is 16.3. The summed E-state index contributed by atoms with van der Waals surface area (Å²) in [5, 5.41) is 5.12. The van der Waals surface area contributed by atoms with Crippen molar-refractivity contribution in [3.8, 4) is 0 Å². The van der Waals surface area contributed by atoms with Gasteiger partial charge in [-0.05, 0) is 24.1 Å². The average molecular weight is 392 g/mol. The summed E-state index contributed by atoms with van der Waals surface area (Å²) in [5.41, 5.74) is 1.92. The fourth-order valence-electron chi connectivity index (χ4n) is 3.60. The normalized spacial score (nSPS) is 21.8. The third-order valence-corrected chi connectivity index (χ3v) is 4.96. The highest BCUT2D eigenvalue weighted by atomic mass is 16.6. The largest absolute Gasteiger partial charge is 0.468 e. The lowest BCUT2D eigenvalue weighted by molar-refractivity contribution is -0.154. The zero-order chi connectivity index (χ0) is 20.7. The SMILES string of the molecule is CC(=O)O[C@H]1c2ccccc2/C(=N/N2C(=O)c3ccccc3C2=O)O[C@H]1C(C)C. The number of carbonyl (C=O) groups excluding carboxylic acids is 3. The van der Waals surface area contributed by atoms with Crippen LogP contribution in [0.2, 0.25) is 0 Å². The lowest BCUT2D eigenvalue weighted by Crippen LogP contribution is -2.39. The van der Waals surface area contributed by atoms with Gasteiger partial charge in [0, 0.05) is 18.1 Å². The molecule has 7 nitrogen and oxygen atoms in total. The summed E-state index contributed by atoms with van der Waals surface area (Å²) in [7, 11) is 0. The second kappa shape index (κ2) is 7.16. The van der Waals surface area contributed by atoms with Crippen LogP contribution < -0.4 is 0 Å². The van der Waals surface area contributed by atoms with Crippen molar-refractivity contribution in [3.05, 3.63) is 70.8 Å². The highest BCUT2D eigenvalue weighted by molar-refractivity contribution is 6.21. The maximum Gasteiger partial charge on any atom is 0.303 e. The van der Waals surface area contributed by atoms with Crippen molar-refractivity contribution in [3.63, 3.8) is 0 Å². The van der Waals surface area contributed by atoms with Gasteiger partial charge < -0.3 is 9.47 Å². The first kappa shape index (κ1) is 18.9. The molecule has 0 spiro atoms. The topological polar surface area (TPSA) is 85.3 Å². The fourth-order valence-corrected chi connectivity index (χ4v) is 3.60. The molecule has 0 fully saturated rings. The molecular weight excluding hydrogens is 372 g/mol. The molecule has 2 aromatic carbocycles. The van der Waals surface area contributed by atoms with Crippen LogP contribution in [0.5, 0.6) is 0 Å². The molecule has 2 aromatic rings. The highest BCUT2D eigenvalue weighted by Gasteiger charge is 2.41. The van der Waals surface area contributed by atoms with Crippen molar-refractivity contribution < 1.29 is 23.9 Å². The molecule has 0 aromatic heterocycles. The standard InChI is InChI=1S/C22H20N2O5/c1-12(2)18-19(28-13(3)25)14-8-4-5-9-15(14)20(29-18)23-24-21(26)16-10-6-7-11-17(16)22(24)27/h4-12,18-19H,1-3H3/b23-20-/t18-,19-/m0/s1. The van der Waals surface area contributed by atoms with Gasteiger partial charge in [0.2, 0.25) is 5.90 Å². The number of fused-ring (bicyclic) bond motifs is 2. The van der Waals surface area contributed by atoms with Crippen LogP contribution in [0.3, 0.4) is 0 Å². The molecule has 0 unspecified atom stereocenters. The molecular formula is C22H20N2O5. The van der Waals surface area contributed by atoms with E-state index in [0.717, 1.165) is 10.6 Å². The van der Waals surface area contributed by atoms with E-state index in [1.807, 2.05) is 26.0 Å². The first-order valence-electron chi connectivity index (χ1n) is 9.38. The molecule has 2 atom stereocenters. The van der Waals surface area contributed by atoms with E-state index in [1.165, 1.54) is 6.92 Å². The molecule has 2 aliphatic rings. The molecule has 0 radical (unpaired) electrons.